The van der Waals surface area contributed by atoms with E-state index in [9.17, 15) is 8.42 Å². The molecule has 0 amide bonds. The van der Waals surface area contributed by atoms with Crippen LogP contribution in [-0.4, -0.2) is 63.6 Å². The second kappa shape index (κ2) is 10.0. The Hall–Kier alpha value is -1.12. The highest BCUT2D eigenvalue weighted by Gasteiger charge is 2.13. The first-order chi connectivity index (χ1) is 11.3. The van der Waals surface area contributed by atoms with Crippen LogP contribution in [-0.2, 0) is 16.6 Å². The molecule has 0 aliphatic rings. The molecule has 0 radical (unpaired) electrons. The van der Waals surface area contributed by atoms with Crippen molar-refractivity contribution in [1.82, 2.24) is 14.5 Å². The number of hydrogen-bond acceptors (Lipinski definition) is 3. The van der Waals surface area contributed by atoms with E-state index in [1.54, 1.807) is 7.05 Å². The second-order valence-corrected chi connectivity index (χ2v) is 8.46. The zero-order chi connectivity index (χ0) is 18.2. The zero-order valence-electron chi connectivity index (χ0n) is 14.8. The highest BCUT2D eigenvalue weighted by molar-refractivity contribution is 9.10. The van der Waals surface area contributed by atoms with E-state index in [1.165, 1.54) is 16.1 Å². The van der Waals surface area contributed by atoms with Gasteiger partial charge in [0.15, 0.2) is 5.96 Å². The van der Waals surface area contributed by atoms with Crippen molar-refractivity contribution in [3.8, 4) is 0 Å². The monoisotopic (exact) mass is 418 g/mol. The third kappa shape index (κ3) is 7.19. The van der Waals surface area contributed by atoms with E-state index < -0.39 is 10.0 Å². The highest BCUT2D eigenvalue weighted by atomic mass is 79.9. The van der Waals surface area contributed by atoms with E-state index in [-0.39, 0.29) is 0 Å². The predicted octanol–water partition coefficient (Wildman–Crippen LogP) is 2.13. The summed E-state index contributed by atoms with van der Waals surface area (Å²) in [4.78, 5) is 6.32. The van der Waals surface area contributed by atoms with Crippen LogP contribution < -0.4 is 5.32 Å². The topological polar surface area (TPSA) is 65.0 Å². The minimum atomic E-state index is -3.12. The molecule has 136 valence electrons. The summed E-state index contributed by atoms with van der Waals surface area (Å²) in [5, 5.41) is 3.28. The van der Waals surface area contributed by atoms with Gasteiger partial charge >= 0.3 is 0 Å². The number of aliphatic imine (C=N–C) groups is 1. The molecule has 0 saturated heterocycles. The van der Waals surface area contributed by atoms with Gasteiger partial charge in [-0.1, -0.05) is 35.0 Å². The van der Waals surface area contributed by atoms with Crippen LogP contribution in [0.1, 0.15) is 18.9 Å². The average molecular weight is 419 g/mol. The molecule has 0 aromatic heterocycles. The van der Waals surface area contributed by atoms with E-state index in [0.29, 0.717) is 19.6 Å². The molecule has 6 nitrogen and oxygen atoms in total. The first-order valence-corrected chi connectivity index (χ1v) is 10.5. The Balaban J connectivity index is 2.45. The fourth-order valence-electron chi connectivity index (χ4n) is 2.34. The molecule has 0 atom stereocenters. The quantitative estimate of drug-likeness (QED) is 0.398. The summed E-state index contributed by atoms with van der Waals surface area (Å²) in [6.45, 7) is 4.27. The lowest BCUT2D eigenvalue weighted by molar-refractivity contribution is 0.419. The van der Waals surface area contributed by atoms with Gasteiger partial charge in [-0.05, 0) is 24.1 Å². The average Bonchev–Trinajstić information content (AvgIpc) is 2.51. The van der Waals surface area contributed by atoms with Crippen LogP contribution in [0, 0.1) is 0 Å². The van der Waals surface area contributed by atoms with Crippen molar-refractivity contribution >= 4 is 31.9 Å². The van der Waals surface area contributed by atoms with Crippen LogP contribution in [0.2, 0.25) is 0 Å². The number of benzene rings is 1. The fraction of sp³-hybridized carbons (Fsp3) is 0.562. The molecule has 0 unspecified atom stereocenters. The summed E-state index contributed by atoms with van der Waals surface area (Å²) in [5.74, 6) is 0.792. The lowest BCUT2D eigenvalue weighted by atomic mass is 10.2. The first kappa shape index (κ1) is 20.9. The number of nitrogens with zero attached hydrogens (tertiary/aromatic N) is 3. The molecule has 8 heteroatoms. The third-order valence-electron chi connectivity index (χ3n) is 3.60. The molecule has 0 aliphatic heterocycles. The SMILES string of the molecule is CCN(CCCNC(=NC)N(C)Cc1ccc(Br)cc1)S(C)(=O)=O. The molecule has 0 heterocycles. The fourth-order valence-corrected chi connectivity index (χ4v) is 3.53. The predicted molar refractivity (Wildman–Crippen MR) is 104 cm³/mol. The largest absolute Gasteiger partial charge is 0.356 e. The van der Waals surface area contributed by atoms with E-state index in [0.717, 1.165) is 23.4 Å². The number of guanidine groups is 1. The molecule has 1 aromatic rings. The number of hydrogen-bond donors (Lipinski definition) is 1. The van der Waals surface area contributed by atoms with Crippen LogP contribution in [0.5, 0.6) is 0 Å². The Bertz CT molecular complexity index is 632. The van der Waals surface area contributed by atoms with E-state index in [4.69, 9.17) is 0 Å². The van der Waals surface area contributed by atoms with E-state index in [1.807, 2.05) is 31.0 Å². The van der Waals surface area contributed by atoms with Crippen LogP contribution in [0.4, 0.5) is 0 Å². The minimum Gasteiger partial charge on any atom is -0.356 e. The smallest absolute Gasteiger partial charge is 0.211 e. The second-order valence-electron chi connectivity index (χ2n) is 5.56. The lowest BCUT2D eigenvalue weighted by Crippen LogP contribution is -2.40. The van der Waals surface area contributed by atoms with Gasteiger partial charge in [-0.15, -0.1) is 0 Å². The Labute approximate surface area is 154 Å². The van der Waals surface area contributed by atoms with Gasteiger partial charge in [-0.3, -0.25) is 4.99 Å². The molecule has 1 N–H and O–H groups in total. The van der Waals surface area contributed by atoms with Crippen molar-refractivity contribution in [2.45, 2.75) is 19.9 Å². The normalized spacial score (nSPS) is 12.5. The maximum absolute atomic E-state index is 11.6. The van der Waals surface area contributed by atoms with Crippen molar-refractivity contribution in [3.05, 3.63) is 34.3 Å². The Morgan fingerprint density at radius 2 is 1.92 bits per heavy atom. The molecule has 1 aromatic carbocycles. The molecular weight excluding hydrogens is 392 g/mol. The van der Waals surface area contributed by atoms with Crippen LogP contribution in [0.3, 0.4) is 0 Å². The van der Waals surface area contributed by atoms with Crippen molar-refractivity contribution in [3.63, 3.8) is 0 Å². The molecular formula is C16H27BrN4O2S. The maximum atomic E-state index is 11.6. The van der Waals surface area contributed by atoms with Gasteiger partial charge in [0.05, 0.1) is 6.26 Å². The summed E-state index contributed by atoms with van der Waals surface area (Å²) >= 11 is 3.43. The number of halogens is 1. The Morgan fingerprint density at radius 3 is 2.42 bits per heavy atom. The zero-order valence-corrected chi connectivity index (χ0v) is 17.2. The molecule has 24 heavy (non-hydrogen) atoms. The van der Waals surface area contributed by atoms with Gasteiger partial charge in [0.1, 0.15) is 0 Å². The van der Waals surface area contributed by atoms with Gasteiger partial charge < -0.3 is 10.2 Å². The highest BCUT2D eigenvalue weighted by Crippen LogP contribution is 2.11. The minimum absolute atomic E-state index is 0.497. The summed E-state index contributed by atoms with van der Waals surface area (Å²) in [5.41, 5.74) is 1.19. The molecule has 0 fully saturated rings. The van der Waals surface area contributed by atoms with Crippen LogP contribution in [0.25, 0.3) is 0 Å². The van der Waals surface area contributed by atoms with Gasteiger partial charge in [-0.2, -0.15) is 0 Å². The van der Waals surface area contributed by atoms with Crippen LogP contribution >= 0.6 is 15.9 Å². The van der Waals surface area contributed by atoms with E-state index in [2.05, 4.69) is 38.4 Å². The molecule has 0 saturated carbocycles. The number of rotatable bonds is 8. The van der Waals surface area contributed by atoms with Crippen molar-refractivity contribution in [1.29, 1.82) is 0 Å². The maximum Gasteiger partial charge on any atom is 0.211 e. The molecule has 0 aliphatic carbocycles. The summed E-state index contributed by atoms with van der Waals surface area (Å²) < 4.78 is 25.6. The molecule has 1 rings (SSSR count). The number of nitrogens with one attached hydrogen (secondary N) is 1. The van der Waals surface area contributed by atoms with Gasteiger partial charge in [0.2, 0.25) is 10.0 Å². The van der Waals surface area contributed by atoms with Gasteiger partial charge in [-0.25, -0.2) is 12.7 Å². The van der Waals surface area contributed by atoms with Crippen molar-refractivity contribution in [2.24, 2.45) is 4.99 Å². The van der Waals surface area contributed by atoms with E-state index >= 15 is 0 Å². The molecule has 0 spiro atoms. The summed E-state index contributed by atoms with van der Waals surface area (Å²) in [6, 6.07) is 8.17. The Morgan fingerprint density at radius 1 is 1.29 bits per heavy atom. The molecule has 0 bridgehead atoms. The lowest BCUT2D eigenvalue weighted by Gasteiger charge is -2.23. The Kier molecular flexibility index (Phi) is 8.72. The summed E-state index contributed by atoms with van der Waals surface area (Å²) in [6.07, 6.45) is 1.97. The standard InChI is InChI=1S/C16H27BrN4O2S/c1-5-21(24(4,22)23)12-6-11-19-16(18-2)20(3)13-14-7-9-15(17)10-8-14/h7-10H,5-6,11-13H2,1-4H3,(H,18,19). The number of sulfonamides is 1. The van der Waals surface area contributed by atoms with Crippen molar-refractivity contribution in [2.75, 3.05) is 40.0 Å². The van der Waals surface area contributed by atoms with Gasteiger partial charge in [0.25, 0.3) is 0 Å². The third-order valence-corrected chi connectivity index (χ3v) is 5.50. The van der Waals surface area contributed by atoms with Crippen LogP contribution in [0.15, 0.2) is 33.7 Å². The van der Waals surface area contributed by atoms with Crippen molar-refractivity contribution < 1.29 is 8.42 Å². The summed E-state index contributed by atoms with van der Waals surface area (Å²) in [7, 11) is 0.603. The first-order valence-electron chi connectivity index (χ1n) is 7.89. The van der Waals surface area contributed by atoms with Gasteiger partial charge in [0, 0.05) is 44.7 Å².